The van der Waals surface area contributed by atoms with Crippen molar-refractivity contribution in [3.8, 4) is 5.75 Å². The third kappa shape index (κ3) is 2.29. The maximum absolute atomic E-state index is 12.5. The van der Waals surface area contributed by atoms with E-state index in [2.05, 4.69) is 5.32 Å². The number of nitrogens with one attached hydrogen (secondary N) is 1. The van der Waals surface area contributed by atoms with Gasteiger partial charge in [-0.2, -0.15) is 0 Å². The third-order valence-corrected chi connectivity index (χ3v) is 3.25. The zero-order chi connectivity index (χ0) is 13.2. The van der Waals surface area contributed by atoms with Crippen LogP contribution in [0.5, 0.6) is 5.75 Å². The van der Waals surface area contributed by atoms with Crippen molar-refractivity contribution in [3.63, 3.8) is 0 Å². The van der Waals surface area contributed by atoms with Gasteiger partial charge in [0.1, 0.15) is 6.61 Å². The van der Waals surface area contributed by atoms with Crippen LogP contribution < -0.4 is 10.1 Å². The lowest BCUT2D eigenvalue weighted by Crippen LogP contribution is -2.20. The largest absolute Gasteiger partial charge is 0.489 e. The Hall–Kier alpha value is -2.00. The molecule has 0 saturated heterocycles. The van der Waals surface area contributed by atoms with E-state index in [4.69, 9.17) is 16.3 Å². The summed E-state index contributed by atoms with van der Waals surface area (Å²) in [6.07, 6.45) is 0. The number of carbonyl (C=O) groups excluding carboxylic acids is 1. The lowest BCUT2D eigenvalue weighted by molar-refractivity contribution is 0.103. The van der Waals surface area contributed by atoms with Crippen LogP contribution in [-0.4, -0.2) is 18.9 Å². The molecule has 1 heterocycles. The van der Waals surface area contributed by atoms with Gasteiger partial charge in [-0.3, -0.25) is 4.79 Å². The smallest absolute Gasteiger partial charge is 0.196 e. The van der Waals surface area contributed by atoms with E-state index in [1.807, 2.05) is 12.1 Å². The number of benzene rings is 2. The van der Waals surface area contributed by atoms with E-state index in [-0.39, 0.29) is 5.78 Å². The Morgan fingerprint density at radius 1 is 1.21 bits per heavy atom. The molecule has 0 bridgehead atoms. The van der Waals surface area contributed by atoms with Gasteiger partial charge in [-0.1, -0.05) is 29.8 Å². The SMILES string of the molecule is O=C(c1cccc(Cl)c1)c1cccc2c1OCCN2. The van der Waals surface area contributed by atoms with Crippen molar-refractivity contribution in [1.82, 2.24) is 0 Å². The number of anilines is 1. The molecule has 3 rings (SSSR count). The zero-order valence-corrected chi connectivity index (χ0v) is 10.9. The fourth-order valence-corrected chi connectivity index (χ4v) is 2.32. The van der Waals surface area contributed by atoms with Gasteiger partial charge in [0.05, 0.1) is 11.3 Å². The van der Waals surface area contributed by atoms with Crippen molar-refractivity contribution in [1.29, 1.82) is 0 Å². The molecule has 0 unspecified atom stereocenters. The molecule has 1 N–H and O–H groups in total. The molecule has 2 aromatic carbocycles. The van der Waals surface area contributed by atoms with Gasteiger partial charge in [0.2, 0.25) is 0 Å². The number of hydrogen-bond acceptors (Lipinski definition) is 3. The van der Waals surface area contributed by atoms with Gasteiger partial charge in [0.15, 0.2) is 11.5 Å². The number of para-hydroxylation sites is 1. The maximum atomic E-state index is 12.5. The predicted molar refractivity (Wildman–Crippen MR) is 75.3 cm³/mol. The molecule has 0 aliphatic carbocycles. The molecule has 0 spiro atoms. The van der Waals surface area contributed by atoms with Crippen molar-refractivity contribution in [2.75, 3.05) is 18.5 Å². The molecule has 4 heteroatoms. The number of hydrogen-bond donors (Lipinski definition) is 1. The summed E-state index contributed by atoms with van der Waals surface area (Å²) in [5.74, 6) is 0.543. The number of ketones is 1. The average molecular weight is 274 g/mol. The van der Waals surface area contributed by atoms with Crippen molar-refractivity contribution in [2.24, 2.45) is 0 Å². The first-order chi connectivity index (χ1) is 9.25. The highest BCUT2D eigenvalue weighted by Crippen LogP contribution is 2.32. The van der Waals surface area contributed by atoms with Crippen LogP contribution in [0.15, 0.2) is 42.5 Å². The molecule has 0 saturated carbocycles. The first-order valence-corrected chi connectivity index (χ1v) is 6.43. The third-order valence-electron chi connectivity index (χ3n) is 3.01. The topological polar surface area (TPSA) is 38.3 Å². The molecular weight excluding hydrogens is 262 g/mol. The summed E-state index contributed by atoms with van der Waals surface area (Å²) in [5.41, 5.74) is 1.99. The van der Waals surface area contributed by atoms with E-state index in [0.29, 0.717) is 28.5 Å². The number of halogens is 1. The Morgan fingerprint density at radius 2 is 2.05 bits per heavy atom. The first-order valence-electron chi connectivity index (χ1n) is 6.05. The van der Waals surface area contributed by atoms with Crippen LogP contribution >= 0.6 is 11.6 Å². The van der Waals surface area contributed by atoms with E-state index in [9.17, 15) is 4.79 Å². The summed E-state index contributed by atoms with van der Waals surface area (Å²) in [6, 6.07) is 12.5. The van der Waals surface area contributed by atoms with Crippen molar-refractivity contribution in [2.45, 2.75) is 0 Å². The van der Waals surface area contributed by atoms with Crippen molar-refractivity contribution >= 4 is 23.1 Å². The minimum absolute atomic E-state index is 0.0805. The lowest BCUT2D eigenvalue weighted by atomic mass is 10.0. The molecule has 0 fully saturated rings. The summed E-state index contributed by atoms with van der Waals surface area (Å²) in [5, 5.41) is 3.77. The Kier molecular flexibility index (Phi) is 3.13. The molecule has 0 radical (unpaired) electrons. The number of ether oxygens (including phenoxy) is 1. The van der Waals surface area contributed by atoms with Crippen LogP contribution in [0.1, 0.15) is 15.9 Å². The summed E-state index contributed by atoms with van der Waals surface area (Å²) in [7, 11) is 0. The summed E-state index contributed by atoms with van der Waals surface area (Å²) in [4.78, 5) is 12.5. The highest BCUT2D eigenvalue weighted by Gasteiger charge is 2.20. The van der Waals surface area contributed by atoms with E-state index < -0.39 is 0 Å². The molecule has 0 aromatic heterocycles. The Labute approximate surface area is 116 Å². The molecule has 0 atom stereocenters. The van der Waals surface area contributed by atoms with Crippen molar-refractivity contribution < 1.29 is 9.53 Å². The first kappa shape index (κ1) is 12.1. The van der Waals surface area contributed by atoms with E-state index >= 15 is 0 Å². The zero-order valence-electron chi connectivity index (χ0n) is 10.2. The monoisotopic (exact) mass is 273 g/mol. The lowest BCUT2D eigenvalue weighted by Gasteiger charge is -2.21. The van der Waals surface area contributed by atoms with Gasteiger partial charge in [-0.25, -0.2) is 0 Å². The van der Waals surface area contributed by atoms with Crippen molar-refractivity contribution in [3.05, 3.63) is 58.6 Å². The van der Waals surface area contributed by atoms with Crippen LogP contribution in [0.25, 0.3) is 0 Å². The van der Waals surface area contributed by atoms with Gasteiger partial charge in [0.25, 0.3) is 0 Å². The van der Waals surface area contributed by atoms with Crippen LogP contribution in [0.3, 0.4) is 0 Å². The molecule has 1 aliphatic rings. The predicted octanol–water partition coefficient (Wildman–Crippen LogP) is 3.38. The standard InChI is InChI=1S/C15H12ClNO2/c16-11-4-1-3-10(9-11)14(18)12-5-2-6-13-15(12)19-8-7-17-13/h1-6,9,17H,7-8H2. The molecule has 96 valence electrons. The average Bonchev–Trinajstić information content (AvgIpc) is 2.46. The van der Waals surface area contributed by atoms with Gasteiger partial charge >= 0.3 is 0 Å². The summed E-state index contributed by atoms with van der Waals surface area (Å²) in [6.45, 7) is 1.31. The van der Waals surface area contributed by atoms with Gasteiger partial charge < -0.3 is 10.1 Å². The minimum Gasteiger partial charge on any atom is -0.489 e. The Morgan fingerprint density at radius 3 is 2.89 bits per heavy atom. The van der Waals surface area contributed by atoms with Gasteiger partial charge in [-0.05, 0) is 24.3 Å². The Balaban J connectivity index is 2.05. The van der Waals surface area contributed by atoms with Crippen LogP contribution in [-0.2, 0) is 0 Å². The second kappa shape index (κ2) is 4.94. The van der Waals surface area contributed by atoms with Crippen LogP contribution in [0.4, 0.5) is 5.69 Å². The molecule has 1 aliphatic heterocycles. The van der Waals surface area contributed by atoms with E-state index in [1.165, 1.54) is 0 Å². The van der Waals surface area contributed by atoms with Crippen LogP contribution in [0.2, 0.25) is 5.02 Å². The number of fused-ring (bicyclic) bond motifs is 1. The molecule has 19 heavy (non-hydrogen) atoms. The fraction of sp³-hybridized carbons (Fsp3) is 0.133. The van der Waals surface area contributed by atoms with Crippen LogP contribution in [0, 0.1) is 0 Å². The molecule has 3 nitrogen and oxygen atoms in total. The number of carbonyl (C=O) groups is 1. The fourth-order valence-electron chi connectivity index (χ4n) is 2.13. The van der Waals surface area contributed by atoms with E-state index in [1.54, 1.807) is 30.3 Å². The quantitative estimate of drug-likeness (QED) is 0.853. The second-order valence-corrected chi connectivity index (χ2v) is 4.73. The maximum Gasteiger partial charge on any atom is 0.196 e. The second-order valence-electron chi connectivity index (χ2n) is 4.30. The summed E-state index contributed by atoms with van der Waals surface area (Å²) >= 11 is 5.92. The highest BCUT2D eigenvalue weighted by molar-refractivity contribution is 6.31. The Bertz CT molecular complexity index is 640. The van der Waals surface area contributed by atoms with E-state index in [0.717, 1.165) is 12.2 Å². The summed E-state index contributed by atoms with van der Waals surface area (Å²) < 4.78 is 5.61. The van der Waals surface area contributed by atoms with Gasteiger partial charge in [-0.15, -0.1) is 0 Å². The van der Waals surface area contributed by atoms with Gasteiger partial charge in [0, 0.05) is 17.1 Å². The highest BCUT2D eigenvalue weighted by atomic mass is 35.5. The molecule has 2 aromatic rings. The number of rotatable bonds is 2. The minimum atomic E-state index is -0.0805. The normalized spacial score (nSPS) is 13.1. The molecular formula is C15H12ClNO2. The molecule has 0 amide bonds.